The fourth-order valence-electron chi connectivity index (χ4n) is 3.84. The Morgan fingerprint density at radius 3 is 2.11 bits per heavy atom. The number of likely N-dealkylation sites (N-methyl/N-ethyl adjacent to an activating group) is 1. The summed E-state index contributed by atoms with van der Waals surface area (Å²) in [6.45, 7) is 7.46. The third kappa shape index (κ3) is 6.31. The van der Waals surface area contributed by atoms with Crippen LogP contribution in [-0.4, -0.2) is 44.3 Å². The van der Waals surface area contributed by atoms with Gasteiger partial charge in [-0.3, -0.25) is 13.9 Å². The van der Waals surface area contributed by atoms with Gasteiger partial charge >= 0.3 is 0 Å². The molecule has 1 atom stereocenters. The number of rotatable bonds is 10. The van der Waals surface area contributed by atoms with Gasteiger partial charge in [0, 0.05) is 13.1 Å². The largest absolute Gasteiger partial charge is 0.355 e. The van der Waals surface area contributed by atoms with Crippen molar-refractivity contribution in [3.05, 3.63) is 95.6 Å². The number of anilines is 1. The number of hydrogen-bond acceptors (Lipinski definition) is 4. The van der Waals surface area contributed by atoms with Gasteiger partial charge in [-0.2, -0.15) is 0 Å². The number of carbonyl (C=O) groups excluding carboxylic acids is 2. The number of nitrogens with one attached hydrogen (secondary N) is 1. The van der Waals surface area contributed by atoms with Crippen LogP contribution in [0.15, 0.2) is 83.8 Å². The molecule has 0 fully saturated rings. The minimum atomic E-state index is -4.05. The van der Waals surface area contributed by atoms with Crippen molar-refractivity contribution in [2.24, 2.45) is 0 Å². The fourth-order valence-corrected chi connectivity index (χ4v) is 5.27. The molecule has 2 amide bonds. The first-order chi connectivity index (χ1) is 17.1. The zero-order chi connectivity index (χ0) is 26.3. The van der Waals surface area contributed by atoms with Crippen molar-refractivity contribution >= 4 is 27.5 Å². The Labute approximate surface area is 213 Å². The molecule has 3 aromatic carbocycles. The van der Waals surface area contributed by atoms with Gasteiger partial charge in [-0.25, -0.2) is 8.42 Å². The van der Waals surface area contributed by atoms with Crippen LogP contribution in [-0.2, 0) is 26.2 Å². The molecule has 0 aliphatic rings. The lowest BCUT2D eigenvalue weighted by Crippen LogP contribution is -2.51. The predicted octanol–water partition coefficient (Wildman–Crippen LogP) is 4.05. The summed E-state index contributed by atoms with van der Waals surface area (Å²) >= 11 is 0. The van der Waals surface area contributed by atoms with E-state index in [0.29, 0.717) is 12.2 Å². The van der Waals surface area contributed by atoms with E-state index in [2.05, 4.69) is 5.32 Å². The van der Waals surface area contributed by atoms with Crippen LogP contribution in [0.25, 0.3) is 0 Å². The quantitative estimate of drug-likeness (QED) is 0.449. The van der Waals surface area contributed by atoms with Gasteiger partial charge in [-0.1, -0.05) is 60.2 Å². The Hall–Kier alpha value is -3.65. The molecule has 8 heteroatoms. The zero-order valence-corrected chi connectivity index (χ0v) is 22.0. The van der Waals surface area contributed by atoms with E-state index in [0.717, 1.165) is 21.0 Å². The third-order valence-corrected chi connectivity index (χ3v) is 7.84. The molecule has 3 aromatic rings. The Morgan fingerprint density at radius 2 is 1.50 bits per heavy atom. The second-order valence-electron chi connectivity index (χ2n) is 8.68. The highest BCUT2D eigenvalue weighted by molar-refractivity contribution is 7.92. The van der Waals surface area contributed by atoms with Crippen molar-refractivity contribution in [2.45, 2.75) is 45.2 Å². The molecule has 0 aromatic heterocycles. The van der Waals surface area contributed by atoms with Crippen LogP contribution < -0.4 is 9.62 Å². The van der Waals surface area contributed by atoms with Gasteiger partial charge in [0.2, 0.25) is 11.8 Å². The van der Waals surface area contributed by atoms with Crippen LogP contribution in [0.5, 0.6) is 0 Å². The molecule has 190 valence electrons. The molecule has 3 rings (SSSR count). The van der Waals surface area contributed by atoms with Crippen LogP contribution >= 0.6 is 0 Å². The predicted molar refractivity (Wildman–Crippen MR) is 142 cm³/mol. The van der Waals surface area contributed by atoms with E-state index >= 15 is 0 Å². The Kier molecular flexibility index (Phi) is 8.88. The molecule has 0 heterocycles. The highest BCUT2D eigenvalue weighted by Crippen LogP contribution is 2.25. The molecule has 0 unspecified atom stereocenters. The summed E-state index contributed by atoms with van der Waals surface area (Å²) in [5, 5.41) is 2.76. The maximum atomic E-state index is 13.8. The minimum Gasteiger partial charge on any atom is -0.355 e. The summed E-state index contributed by atoms with van der Waals surface area (Å²) in [5.41, 5.74) is 3.20. The van der Waals surface area contributed by atoms with Gasteiger partial charge < -0.3 is 10.2 Å². The summed E-state index contributed by atoms with van der Waals surface area (Å²) in [6.07, 6.45) is 0. The Balaban J connectivity index is 2.02. The Morgan fingerprint density at radius 1 is 0.889 bits per heavy atom. The number of benzene rings is 3. The van der Waals surface area contributed by atoms with Gasteiger partial charge in [0.15, 0.2) is 0 Å². The second kappa shape index (κ2) is 11.9. The SMILES string of the molecule is CCNC(=O)[C@H](C)N(Cc1ccccc1C)C(=O)CN(c1ccc(C)cc1)S(=O)(=O)c1ccccc1. The highest BCUT2D eigenvalue weighted by atomic mass is 32.2. The normalized spacial score (nSPS) is 12.0. The molecule has 0 aliphatic carbocycles. The maximum absolute atomic E-state index is 13.8. The number of amides is 2. The first-order valence-corrected chi connectivity index (χ1v) is 13.3. The molecule has 0 saturated carbocycles. The molecule has 0 aliphatic heterocycles. The zero-order valence-electron chi connectivity index (χ0n) is 21.1. The van der Waals surface area contributed by atoms with Gasteiger partial charge in [0.1, 0.15) is 12.6 Å². The monoisotopic (exact) mass is 507 g/mol. The van der Waals surface area contributed by atoms with Gasteiger partial charge in [0.05, 0.1) is 10.6 Å². The van der Waals surface area contributed by atoms with Gasteiger partial charge in [-0.15, -0.1) is 0 Å². The van der Waals surface area contributed by atoms with Gasteiger partial charge in [0.25, 0.3) is 10.0 Å². The lowest BCUT2D eigenvalue weighted by molar-refractivity contribution is -0.139. The summed E-state index contributed by atoms with van der Waals surface area (Å²) in [4.78, 5) is 28.0. The van der Waals surface area contributed by atoms with Crippen LogP contribution in [0.4, 0.5) is 5.69 Å². The Bertz CT molecular complexity index is 1290. The molecular weight excluding hydrogens is 474 g/mol. The number of nitrogens with zero attached hydrogens (tertiary/aromatic N) is 2. The van der Waals surface area contributed by atoms with Gasteiger partial charge in [-0.05, 0) is 63.1 Å². The van der Waals surface area contributed by atoms with E-state index in [1.54, 1.807) is 49.4 Å². The molecule has 7 nitrogen and oxygen atoms in total. The summed E-state index contributed by atoms with van der Waals surface area (Å²) in [5.74, 6) is -0.774. The van der Waals surface area contributed by atoms with E-state index < -0.39 is 28.5 Å². The molecule has 0 spiro atoms. The van der Waals surface area contributed by atoms with Crippen molar-refractivity contribution < 1.29 is 18.0 Å². The highest BCUT2D eigenvalue weighted by Gasteiger charge is 2.32. The van der Waals surface area contributed by atoms with Crippen molar-refractivity contribution in [2.75, 3.05) is 17.4 Å². The van der Waals surface area contributed by atoms with Crippen molar-refractivity contribution in [1.82, 2.24) is 10.2 Å². The molecule has 0 bridgehead atoms. The molecule has 0 saturated heterocycles. The van der Waals surface area contributed by atoms with Crippen LogP contribution in [0, 0.1) is 13.8 Å². The molecule has 1 N–H and O–H groups in total. The van der Waals surface area contributed by atoms with Crippen molar-refractivity contribution in [3.63, 3.8) is 0 Å². The lowest BCUT2D eigenvalue weighted by atomic mass is 10.1. The number of aryl methyl sites for hydroxylation is 2. The number of sulfonamides is 1. The number of carbonyl (C=O) groups is 2. The summed E-state index contributed by atoms with van der Waals surface area (Å²) < 4.78 is 28.5. The van der Waals surface area contributed by atoms with Crippen molar-refractivity contribution in [1.29, 1.82) is 0 Å². The fraction of sp³-hybridized carbons (Fsp3) is 0.286. The van der Waals surface area contributed by atoms with Crippen LogP contribution in [0.3, 0.4) is 0 Å². The lowest BCUT2D eigenvalue weighted by Gasteiger charge is -2.32. The standard InChI is InChI=1S/C28H33N3O4S/c1-5-29-28(33)23(4)30(19-24-12-10-9-11-22(24)3)27(32)20-31(25-17-15-21(2)16-18-25)36(34,35)26-13-7-6-8-14-26/h6-18,23H,5,19-20H2,1-4H3,(H,29,33)/t23-/m0/s1. The van der Waals surface area contributed by atoms with E-state index in [1.165, 1.54) is 17.0 Å². The van der Waals surface area contributed by atoms with Crippen LogP contribution in [0.1, 0.15) is 30.5 Å². The second-order valence-corrected chi connectivity index (χ2v) is 10.5. The first kappa shape index (κ1) is 26.9. The van der Waals surface area contributed by atoms with E-state index in [-0.39, 0.29) is 17.3 Å². The van der Waals surface area contributed by atoms with Crippen LogP contribution in [0.2, 0.25) is 0 Å². The van der Waals surface area contributed by atoms with Crippen molar-refractivity contribution in [3.8, 4) is 0 Å². The average molecular weight is 508 g/mol. The summed E-state index contributed by atoms with van der Waals surface area (Å²) in [7, 11) is -4.05. The van der Waals surface area contributed by atoms with E-state index in [4.69, 9.17) is 0 Å². The number of hydrogen-bond donors (Lipinski definition) is 1. The summed E-state index contributed by atoms with van der Waals surface area (Å²) in [6, 6.07) is 21.8. The molecular formula is C28H33N3O4S. The van der Waals surface area contributed by atoms with E-state index in [9.17, 15) is 18.0 Å². The molecule has 0 radical (unpaired) electrons. The topological polar surface area (TPSA) is 86.8 Å². The first-order valence-electron chi connectivity index (χ1n) is 11.9. The average Bonchev–Trinajstić information content (AvgIpc) is 2.87. The third-order valence-electron chi connectivity index (χ3n) is 6.05. The maximum Gasteiger partial charge on any atom is 0.264 e. The van der Waals surface area contributed by atoms with E-state index in [1.807, 2.05) is 45.0 Å². The minimum absolute atomic E-state index is 0.0839. The molecule has 36 heavy (non-hydrogen) atoms. The smallest absolute Gasteiger partial charge is 0.264 e.